The summed E-state index contributed by atoms with van der Waals surface area (Å²) in [7, 11) is 0. The molecule has 0 saturated carbocycles. The van der Waals surface area contributed by atoms with E-state index in [9.17, 15) is 4.79 Å². The number of ketones is 1. The summed E-state index contributed by atoms with van der Waals surface area (Å²) in [6, 6.07) is 6.43. The highest BCUT2D eigenvalue weighted by Crippen LogP contribution is 2.34. The van der Waals surface area contributed by atoms with Gasteiger partial charge in [-0.2, -0.15) is 0 Å². The summed E-state index contributed by atoms with van der Waals surface area (Å²) in [5.41, 5.74) is 4.32. The molecule has 1 atom stereocenters. The molecule has 104 valence electrons. The second-order valence-corrected chi connectivity index (χ2v) is 5.62. The van der Waals surface area contributed by atoms with E-state index in [2.05, 4.69) is 37.0 Å². The fraction of sp³-hybridized carbons (Fsp3) is 0.412. The maximum Gasteiger partial charge on any atom is 0.194 e. The van der Waals surface area contributed by atoms with Crippen molar-refractivity contribution in [3.8, 4) is 0 Å². The number of carbonyl (C=O) groups excluding carboxylic acids is 1. The SMILES string of the molecule is CCc1nc2c(o1)CC(c1ccc(C)cc1C)CC2=O. The molecule has 1 aromatic carbocycles. The quantitative estimate of drug-likeness (QED) is 0.833. The average molecular weight is 269 g/mol. The van der Waals surface area contributed by atoms with E-state index >= 15 is 0 Å². The van der Waals surface area contributed by atoms with Gasteiger partial charge in [0.1, 0.15) is 11.5 Å². The Balaban J connectivity index is 1.96. The topological polar surface area (TPSA) is 43.1 Å². The first-order valence-corrected chi connectivity index (χ1v) is 7.17. The molecular weight excluding hydrogens is 250 g/mol. The molecule has 0 N–H and O–H groups in total. The molecule has 0 amide bonds. The largest absolute Gasteiger partial charge is 0.445 e. The highest BCUT2D eigenvalue weighted by Gasteiger charge is 2.31. The van der Waals surface area contributed by atoms with E-state index in [1.807, 2.05) is 6.92 Å². The number of rotatable bonds is 2. The first-order chi connectivity index (χ1) is 9.58. The van der Waals surface area contributed by atoms with E-state index in [1.165, 1.54) is 16.7 Å². The number of benzene rings is 1. The van der Waals surface area contributed by atoms with Gasteiger partial charge in [0.15, 0.2) is 11.7 Å². The average Bonchev–Trinajstić information content (AvgIpc) is 2.82. The lowest BCUT2D eigenvalue weighted by molar-refractivity contribution is 0.0956. The van der Waals surface area contributed by atoms with Crippen LogP contribution in [-0.4, -0.2) is 10.8 Å². The van der Waals surface area contributed by atoms with Crippen LogP contribution >= 0.6 is 0 Å². The zero-order chi connectivity index (χ0) is 14.3. The number of aryl methyl sites for hydroxylation is 3. The molecule has 0 bridgehead atoms. The summed E-state index contributed by atoms with van der Waals surface area (Å²) in [5.74, 6) is 1.76. The van der Waals surface area contributed by atoms with Gasteiger partial charge in [-0.25, -0.2) is 4.98 Å². The molecule has 3 rings (SSSR count). The minimum atomic E-state index is 0.111. The number of carbonyl (C=O) groups is 1. The van der Waals surface area contributed by atoms with Crippen LogP contribution in [0.3, 0.4) is 0 Å². The summed E-state index contributed by atoms with van der Waals surface area (Å²) in [6.07, 6.45) is 2.04. The lowest BCUT2D eigenvalue weighted by Gasteiger charge is -2.21. The highest BCUT2D eigenvalue weighted by atomic mass is 16.4. The van der Waals surface area contributed by atoms with Crippen molar-refractivity contribution in [2.75, 3.05) is 0 Å². The van der Waals surface area contributed by atoms with Crippen molar-refractivity contribution in [2.24, 2.45) is 0 Å². The molecule has 0 fully saturated rings. The molecule has 1 aliphatic carbocycles. The second-order valence-electron chi connectivity index (χ2n) is 5.62. The van der Waals surface area contributed by atoms with Gasteiger partial charge in [-0.05, 0) is 30.9 Å². The summed E-state index contributed by atoms with van der Waals surface area (Å²) >= 11 is 0. The monoisotopic (exact) mass is 269 g/mol. The van der Waals surface area contributed by atoms with Crippen LogP contribution in [-0.2, 0) is 12.8 Å². The maximum atomic E-state index is 12.3. The fourth-order valence-electron chi connectivity index (χ4n) is 3.03. The Hall–Kier alpha value is -1.90. The van der Waals surface area contributed by atoms with Crippen molar-refractivity contribution in [3.05, 3.63) is 52.2 Å². The van der Waals surface area contributed by atoms with Gasteiger partial charge in [-0.15, -0.1) is 0 Å². The molecule has 1 aliphatic rings. The summed E-state index contributed by atoms with van der Waals surface area (Å²) in [5, 5.41) is 0. The Kier molecular flexibility index (Phi) is 3.20. The van der Waals surface area contributed by atoms with E-state index in [0.717, 1.165) is 18.6 Å². The van der Waals surface area contributed by atoms with Crippen LogP contribution in [0.5, 0.6) is 0 Å². The third-order valence-electron chi connectivity index (χ3n) is 4.04. The zero-order valence-electron chi connectivity index (χ0n) is 12.2. The van der Waals surface area contributed by atoms with Crippen LogP contribution in [0.25, 0.3) is 0 Å². The van der Waals surface area contributed by atoms with Crippen LogP contribution in [0, 0.1) is 13.8 Å². The van der Waals surface area contributed by atoms with E-state index in [0.29, 0.717) is 18.0 Å². The van der Waals surface area contributed by atoms with Crippen LogP contribution < -0.4 is 0 Å². The standard InChI is InChI=1S/C17H19NO2/c1-4-16-18-17-14(19)8-12(9-15(17)20-16)13-6-5-10(2)7-11(13)3/h5-7,12H,4,8-9H2,1-3H3. The lowest BCUT2D eigenvalue weighted by Crippen LogP contribution is -2.18. The van der Waals surface area contributed by atoms with Crippen molar-refractivity contribution < 1.29 is 9.21 Å². The van der Waals surface area contributed by atoms with Crippen LogP contribution in [0.15, 0.2) is 22.6 Å². The van der Waals surface area contributed by atoms with Gasteiger partial charge < -0.3 is 4.42 Å². The predicted octanol–water partition coefficient (Wildman–Crippen LogP) is 3.77. The van der Waals surface area contributed by atoms with E-state index < -0.39 is 0 Å². The number of oxazole rings is 1. The van der Waals surface area contributed by atoms with E-state index in [4.69, 9.17) is 4.42 Å². The van der Waals surface area contributed by atoms with E-state index in [-0.39, 0.29) is 11.7 Å². The smallest absolute Gasteiger partial charge is 0.194 e. The van der Waals surface area contributed by atoms with Crippen molar-refractivity contribution in [3.63, 3.8) is 0 Å². The zero-order valence-corrected chi connectivity index (χ0v) is 12.2. The van der Waals surface area contributed by atoms with Crippen molar-refractivity contribution in [2.45, 2.75) is 46.0 Å². The normalized spacial score (nSPS) is 18.1. The number of Topliss-reactive ketones (excluding diaryl/α,β-unsaturated/α-hetero) is 1. The van der Waals surface area contributed by atoms with Gasteiger partial charge in [-0.1, -0.05) is 30.7 Å². The summed E-state index contributed by atoms with van der Waals surface area (Å²) < 4.78 is 5.71. The highest BCUT2D eigenvalue weighted by molar-refractivity contribution is 5.96. The van der Waals surface area contributed by atoms with Gasteiger partial charge in [-0.3, -0.25) is 4.79 Å². The van der Waals surface area contributed by atoms with Gasteiger partial charge in [0, 0.05) is 19.3 Å². The lowest BCUT2D eigenvalue weighted by atomic mass is 9.82. The molecule has 20 heavy (non-hydrogen) atoms. The molecule has 1 aromatic heterocycles. The molecule has 0 aliphatic heterocycles. The van der Waals surface area contributed by atoms with Crippen LogP contribution in [0.4, 0.5) is 0 Å². The Morgan fingerprint density at radius 2 is 2.10 bits per heavy atom. The third-order valence-corrected chi connectivity index (χ3v) is 4.04. The number of hydrogen-bond acceptors (Lipinski definition) is 3. The van der Waals surface area contributed by atoms with Gasteiger partial charge >= 0.3 is 0 Å². The summed E-state index contributed by atoms with van der Waals surface area (Å²) in [4.78, 5) is 16.6. The second kappa shape index (κ2) is 4.89. The molecule has 1 heterocycles. The van der Waals surface area contributed by atoms with Crippen LogP contribution in [0.2, 0.25) is 0 Å². The number of aromatic nitrogens is 1. The summed E-state index contributed by atoms with van der Waals surface area (Å²) in [6.45, 7) is 6.19. The van der Waals surface area contributed by atoms with Gasteiger partial charge in [0.2, 0.25) is 0 Å². The number of fused-ring (bicyclic) bond motifs is 1. The molecule has 2 aromatic rings. The van der Waals surface area contributed by atoms with E-state index in [1.54, 1.807) is 0 Å². The first kappa shape index (κ1) is 13.1. The van der Waals surface area contributed by atoms with Crippen molar-refractivity contribution in [1.82, 2.24) is 4.98 Å². The van der Waals surface area contributed by atoms with Gasteiger partial charge in [0.25, 0.3) is 0 Å². The minimum absolute atomic E-state index is 0.111. The predicted molar refractivity (Wildman–Crippen MR) is 77.2 cm³/mol. The Morgan fingerprint density at radius 1 is 1.30 bits per heavy atom. The van der Waals surface area contributed by atoms with Crippen molar-refractivity contribution >= 4 is 5.78 Å². The third kappa shape index (κ3) is 2.17. The number of nitrogens with zero attached hydrogens (tertiary/aromatic N) is 1. The molecule has 1 unspecified atom stereocenters. The molecule has 3 nitrogen and oxygen atoms in total. The maximum absolute atomic E-state index is 12.3. The first-order valence-electron chi connectivity index (χ1n) is 7.17. The number of hydrogen-bond donors (Lipinski definition) is 0. The Bertz CT molecular complexity index is 670. The van der Waals surface area contributed by atoms with Crippen molar-refractivity contribution in [1.29, 1.82) is 0 Å². The fourth-order valence-corrected chi connectivity index (χ4v) is 3.03. The Morgan fingerprint density at radius 3 is 2.80 bits per heavy atom. The Labute approximate surface area is 119 Å². The molecule has 3 heteroatoms. The van der Waals surface area contributed by atoms with Gasteiger partial charge in [0.05, 0.1) is 0 Å². The molecule has 0 spiro atoms. The minimum Gasteiger partial charge on any atom is -0.445 e. The molecular formula is C17H19NO2. The molecule has 0 radical (unpaired) electrons. The molecule has 0 saturated heterocycles. The van der Waals surface area contributed by atoms with Crippen LogP contribution in [0.1, 0.15) is 58.1 Å².